The van der Waals surface area contributed by atoms with Crippen molar-refractivity contribution in [1.82, 2.24) is 10.2 Å². The second kappa shape index (κ2) is 7.88. The first-order valence-corrected chi connectivity index (χ1v) is 9.80. The summed E-state index contributed by atoms with van der Waals surface area (Å²) in [4.78, 5) is 24.2. The van der Waals surface area contributed by atoms with Gasteiger partial charge >= 0.3 is 12.0 Å². The number of aliphatic carboxylic acids is 1. The molecule has 21 heavy (non-hydrogen) atoms. The minimum absolute atomic E-state index is 0.00229. The molecule has 0 aromatic rings. The largest absolute Gasteiger partial charge is 0.480 e. The van der Waals surface area contributed by atoms with Gasteiger partial charge in [0.1, 0.15) is 6.54 Å². The van der Waals surface area contributed by atoms with Crippen molar-refractivity contribution in [2.24, 2.45) is 0 Å². The van der Waals surface area contributed by atoms with E-state index in [1.807, 2.05) is 13.8 Å². The van der Waals surface area contributed by atoms with Gasteiger partial charge in [-0.3, -0.25) is 4.79 Å². The van der Waals surface area contributed by atoms with Crippen LogP contribution in [0, 0.1) is 0 Å². The van der Waals surface area contributed by atoms with Crippen LogP contribution in [0.5, 0.6) is 0 Å². The molecule has 0 spiro atoms. The van der Waals surface area contributed by atoms with Crippen molar-refractivity contribution < 1.29 is 23.1 Å². The van der Waals surface area contributed by atoms with Crippen LogP contribution >= 0.6 is 11.8 Å². The van der Waals surface area contributed by atoms with Crippen molar-refractivity contribution in [2.45, 2.75) is 32.4 Å². The van der Waals surface area contributed by atoms with Crippen molar-refractivity contribution in [3.8, 4) is 0 Å². The van der Waals surface area contributed by atoms with E-state index in [0.717, 1.165) is 16.4 Å². The molecule has 1 aliphatic rings. The first kappa shape index (κ1) is 18.1. The summed E-state index contributed by atoms with van der Waals surface area (Å²) in [6.07, 6.45) is 0.293. The molecule has 0 aliphatic carbocycles. The second-order valence-corrected chi connectivity index (χ2v) is 8.64. The van der Waals surface area contributed by atoms with Gasteiger partial charge in [0.25, 0.3) is 0 Å². The Morgan fingerprint density at radius 2 is 2.14 bits per heavy atom. The number of amides is 2. The van der Waals surface area contributed by atoms with Gasteiger partial charge in [-0.05, 0) is 19.1 Å². The molecule has 0 aromatic carbocycles. The minimum atomic E-state index is -3.17. The van der Waals surface area contributed by atoms with Crippen molar-refractivity contribution in [2.75, 3.05) is 29.6 Å². The van der Waals surface area contributed by atoms with Crippen LogP contribution in [0.2, 0.25) is 0 Å². The number of rotatable bonds is 7. The molecule has 0 aromatic heterocycles. The molecule has 9 heteroatoms. The third-order valence-electron chi connectivity index (χ3n) is 3.16. The van der Waals surface area contributed by atoms with Gasteiger partial charge < -0.3 is 15.3 Å². The van der Waals surface area contributed by atoms with Crippen molar-refractivity contribution >= 4 is 33.6 Å². The van der Waals surface area contributed by atoms with Gasteiger partial charge in [0.15, 0.2) is 9.84 Å². The quantitative estimate of drug-likeness (QED) is 0.697. The molecule has 2 N–H and O–H groups in total. The smallest absolute Gasteiger partial charge is 0.323 e. The summed E-state index contributed by atoms with van der Waals surface area (Å²) in [6.45, 7) is 3.36. The molecule has 0 radical (unpaired) electrons. The molecule has 1 saturated heterocycles. The Bertz CT molecular complexity index is 480. The molecule has 2 amide bonds. The predicted molar refractivity (Wildman–Crippen MR) is 82.4 cm³/mol. The summed E-state index contributed by atoms with van der Waals surface area (Å²) in [5, 5.41) is 11.7. The number of sulfone groups is 1. The molecule has 0 bridgehead atoms. The summed E-state index contributed by atoms with van der Waals surface area (Å²) in [6, 6.07) is -1.17. The molecular weight excluding hydrogens is 316 g/mol. The molecule has 1 heterocycles. The summed E-state index contributed by atoms with van der Waals surface area (Å²) in [7, 11) is -3.17. The summed E-state index contributed by atoms with van der Waals surface area (Å²) in [5.41, 5.74) is 0. The van der Waals surface area contributed by atoms with E-state index in [0.29, 0.717) is 6.42 Å². The van der Waals surface area contributed by atoms with Gasteiger partial charge in [0.05, 0.1) is 11.5 Å². The fraction of sp³-hybridized carbons (Fsp3) is 0.833. The summed E-state index contributed by atoms with van der Waals surface area (Å²) < 4.78 is 23.0. The Kier molecular flexibility index (Phi) is 6.79. The number of nitrogens with zero attached hydrogens (tertiary/aromatic N) is 1. The molecule has 7 nitrogen and oxygen atoms in total. The monoisotopic (exact) mass is 338 g/mol. The molecule has 122 valence electrons. The van der Waals surface area contributed by atoms with Crippen LogP contribution in [0.3, 0.4) is 0 Å². The zero-order valence-electron chi connectivity index (χ0n) is 12.2. The summed E-state index contributed by atoms with van der Waals surface area (Å²) >= 11 is 1.67. The van der Waals surface area contributed by atoms with Gasteiger partial charge in [0.2, 0.25) is 0 Å². The average Bonchev–Trinajstić information content (AvgIpc) is 2.73. The van der Waals surface area contributed by atoms with Gasteiger partial charge in [-0.25, -0.2) is 13.2 Å². The number of urea groups is 1. The number of carboxylic acid groups (broad SMARTS) is 1. The van der Waals surface area contributed by atoms with E-state index in [2.05, 4.69) is 5.32 Å². The molecule has 2 unspecified atom stereocenters. The van der Waals surface area contributed by atoms with E-state index in [-0.39, 0.29) is 17.5 Å². The van der Waals surface area contributed by atoms with E-state index < -0.39 is 34.4 Å². The van der Waals surface area contributed by atoms with E-state index in [1.165, 1.54) is 0 Å². The van der Waals surface area contributed by atoms with Crippen molar-refractivity contribution in [3.63, 3.8) is 0 Å². The van der Waals surface area contributed by atoms with Crippen LogP contribution in [-0.2, 0) is 14.6 Å². The second-order valence-electron chi connectivity index (χ2n) is 5.09. The lowest BCUT2D eigenvalue weighted by Crippen LogP contribution is -2.51. The number of thioether (sulfide) groups is 1. The Hall–Kier alpha value is -0.960. The molecule has 1 aliphatic heterocycles. The van der Waals surface area contributed by atoms with Crippen LogP contribution in [0.4, 0.5) is 4.79 Å². The molecule has 1 fully saturated rings. The Morgan fingerprint density at radius 1 is 1.48 bits per heavy atom. The van der Waals surface area contributed by atoms with Gasteiger partial charge in [0, 0.05) is 17.8 Å². The number of hydrogen-bond acceptors (Lipinski definition) is 5. The maximum absolute atomic E-state index is 12.2. The minimum Gasteiger partial charge on any atom is -0.480 e. The fourth-order valence-corrected chi connectivity index (χ4v) is 4.57. The first-order valence-electron chi connectivity index (χ1n) is 6.82. The van der Waals surface area contributed by atoms with E-state index in [4.69, 9.17) is 5.11 Å². The number of hydrogen-bond donors (Lipinski definition) is 2. The average molecular weight is 338 g/mol. The Morgan fingerprint density at radius 3 is 2.62 bits per heavy atom. The van der Waals surface area contributed by atoms with Gasteiger partial charge in [-0.2, -0.15) is 11.8 Å². The molecular formula is C12H22N2O5S2. The van der Waals surface area contributed by atoms with E-state index in [1.54, 1.807) is 11.8 Å². The lowest BCUT2D eigenvalue weighted by Gasteiger charge is -2.28. The highest BCUT2D eigenvalue weighted by Gasteiger charge is 2.35. The normalized spacial score (nSPS) is 21.7. The fourth-order valence-electron chi connectivity index (χ4n) is 2.16. The summed E-state index contributed by atoms with van der Waals surface area (Å²) in [5.74, 6) is 0.352. The molecule has 2 atom stereocenters. The van der Waals surface area contributed by atoms with Crippen LogP contribution in [-0.4, -0.2) is 72.1 Å². The van der Waals surface area contributed by atoms with E-state index >= 15 is 0 Å². The highest BCUT2D eigenvalue weighted by Crippen LogP contribution is 2.18. The standard InChI is InChI=1S/C12H22N2O5S2/c1-3-20-7-9(2)13-12(17)14(6-11(15)16)10-4-5-21(18,19)8-10/h9-10H,3-8H2,1-2H3,(H,13,17)(H,15,16). The van der Waals surface area contributed by atoms with Gasteiger partial charge in [-0.15, -0.1) is 0 Å². The first-order chi connectivity index (χ1) is 9.75. The lowest BCUT2D eigenvalue weighted by atomic mass is 10.2. The van der Waals surface area contributed by atoms with Crippen molar-refractivity contribution in [1.29, 1.82) is 0 Å². The maximum atomic E-state index is 12.2. The highest BCUT2D eigenvalue weighted by molar-refractivity contribution is 7.99. The SMILES string of the molecule is CCSCC(C)NC(=O)N(CC(=O)O)C1CCS(=O)(=O)C1. The third kappa shape index (κ3) is 6.13. The Labute approximate surface area is 129 Å². The van der Waals surface area contributed by atoms with Crippen LogP contribution in [0.1, 0.15) is 20.3 Å². The zero-order valence-corrected chi connectivity index (χ0v) is 13.9. The highest BCUT2D eigenvalue weighted by atomic mass is 32.2. The van der Waals surface area contributed by atoms with Crippen LogP contribution < -0.4 is 5.32 Å². The lowest BCUT2D eigenvalue weighted by molar-refractivity contribution is -0.138. The van der Waals surface area contributed by atoms with Crippen molar-refractivity contribution in [3.05, 3.63) is 0 Å². The zero-order chi connectivity index (χ0) is 16.0. The van der Waals surface area contributed by atoms with Crippen LogP contribution in [0.15, 0.2) is 0 Å². The predicted octanol–water partition coefficient (Wildman–Crippen LogP) is 0.411. The van der Waals surface area contributed by atoms with Crippen LogP contribution in [0.25, 0.3) is 0 Å². The molecule has 1 rings (SSSR count). The topological polar surface area (TPSA) is 104 Å². The number of nitrogens with one attached hydrogen (secondary N) is 1. The maximum Gasteiger partial charge on any atom is 0.323 e. The van der Waals surface area contributed by atoms with Gasteiger partial charge in [-0.1, -0.05) is 6.92 Å². The third-order valence-corrected chi connectivity index (χ3v) is 6.05. The number of carbonyl (C=O) groups is 2. The molecule has 0 saturated carbocycles. The Balaban J connectivity index is 2.69. The number of carbonyl (C=O) groups excluding carboxylic acids is 1. The van der Waals surface area contributed by atoms with E-state index in [9.17, 15) is 18.0 Å². The number of carboxylic acids is 1.